The maximum atomic E-state index is 12.7. The molecule has 1 aromatic heterocycles. The van der Waals surface area contributed by atoms with Gasteiger partial charge in [0.2, 0.25) is 11.8 Å². The van der Waals surface area contributed by atoms with Crippen LogP contribution in [0.15, 0.2) is 10.9 Å². The fraction of sp³-hybridized carbons (Fsp3) is 0.429. The largest absolute Gasteiger partial charge is 0.618 e. The van der Waals surface area contributed by atoms with Crippen molar-refractivity contribution < 1.29 is 93.1 Å². The van der Waals surface area contributed by atoms with Crippen molar-refractivity contribution in [2.75, 3.05) is 18.7 Å². The van der Waals surface area contributed by atoms with Gasteiger partial charge in [-0.2, -0.15) is 11.8 Å². The molecule has 2 radical (unpaired) electrons. The SMILES string of the molecule is CN1C(=O)O[CH-]C1C(=O)NC(Cc1cscn1)C(=O)N1[CH-]CSC1.[Pr].[Y]. The third-order valence-electron chi connectivity index (χ3n) is 3.71. The molecule has 8 nitrogen and oxygen atoms in total. The van der Waals surface area contributed by atoms with Crippen LogP contribution >= 0.6 is 23.1 Å². The van der Waals surface area contributed by atoms with E-state index in [0.29, 0.717) is 12.3 Å². The van der Waals surface area contributed by atoms with Crippen LogP contribution in [-0.2, 0) is 53.5 Å². The predicted molar refractivity (Wildman–Crippen MR) is 88.6 cm³/mol. The number of carbonyl (C=O) groups is 3. The van der Waals surface area contributed by atoms with Gasteiger partial charge in [0.15, 0.2) is 0 Å². The summed E-state index contributed by atoms with van der Waals surface area (Å²) in [6.07, 6.45) is -0.296. The Bertz CT molecular complexity index is 630. The molecule has 2 unspecified atom stereocenters. The van der Waals surface area contributed by atoms with Crippen molar-refractivity contribution in [3.05, 3.63) is 29.7 Å². The van der Waals surface area contributed by atoms with Gasteiger partial charge >= 0.3 is 6.09 Å². The number of aromatic nitrogens is 1. The maximum Gasteiger partial charge on any atom is 0.376 e. The Morgan fingerprint density at radius 2 is 2.31 bits per heavy atom. The first-order valence-corrected chi connectivity index (χ1v) is 9.32. The number of cyclic esters (lactones) is 1. The minimum atomic E-state index is -0.847. The van der Waals surface area contributed by atoms with Gasteiger partial charge in [0.25, 0.3) is 0 Å². The van der Waals surface area contributed by atoms with Gasteiger partial charge in [0.05, 0.1) is 11.2 Å². The van der Waals surface area contributed by atoms with Crippen LogP contribution in [0.2, 0.25) is 0 Å². The standard InChI is InChI=1S/C14H16N4O4S2.Pr.Y/c1-17-11(5-22-14(17)21)12(19)16-10(4-9-6-24-7-15-9)13(20)18-2-3-23-8-18;;/h2,5-7,10-11H,3-4,8H2,1H3,(H,16,19);;/q-2;;. The van der Waals surface area contributed by atoms with E-state index in [2.05, 4.69) is 10.3 Å². The van der Waals surface area contributed by atoms with Gasteiger partial charge in [-0.1, -0.05) is 0 Å². The average molecular weight is 598 g/mol. The molecule has 2 fully saturated rings. The summed E-state index contributed by atoms with van der Waals surface area (Å²) in [5.41, 5.74) is 2.42. The maximum absolute atomic E-state index is 12.7. The van der Waals surface area contributed by atoms with Gasteiger partial charge in [0.1, 0.15) is 6.04 Å². The summed E-state index contributed by atoms with van der Waals surface area (Å²) in [5.74, 6) is 0.696. The first-order valence-electron chi connectivity index (χ1n) is 7.22. The summed E-state index contributed by atoms with van der Waals surface area (Å²) in [7, 11) is 1.47. The van der Waals surface area contributed by atoms with Crippen LogP contribution in [0.3, 0.4) is 0 Å². The van der Waals surface area contributed by atoms with Crippen LogP contribution in [-0.4, -0.2) is 63.5 Å². The number of amides is 3. The molecular formula is C14H16N4O4PrS2Y-2. The van der Waals surface area contributed by atoms with E-state index in [9.17, 15) is 14.4 Å². The van der Waals surface area contributed by atoms with E-state index in [-0.39, 0.29) is 79.9 Å². The van der Waals surface area contributed by atoms with Crippen LogP contribution in [0.1, 0.15) is 5.69 Å². The summed E-state index contributed by atoms with van der Waals surface area (Å²) in [5, 5.41) is 4.57. The Kier molecular flexibility index (Phi) is 11.0. The number of hydrogen-bond acceptors (Lipinski definition) is 7. The number of thiazole rings is 1. The predicted octanol–water partition coefficient (Wildman–Crippen LogP) is 0.475. The van der Waals surface area contributed by atoms with Crippen molar-refractivity contribution in [3.63, 3.8) is 0 Å². The first-order chi connectivity index (χ1) is 11.6. The van der Waals surface area contributed by atoms with Gasteiger partial charge in [-0.15, -0.1) is 23.7 Å². The molecule has 2 aliphatic rings. The van der Waals surface area contributed by atoms with E-state index in [1.165, 1.54) is 29.9 Å². The van der Waals surface area contributed by atoms with E-state index >= 15 is 0 Å². The molecule has 0 aliphatic carbocycles. The average Bonchev–Trinajstić information content (AvgIpc) is 3.30. The van der Waals surface area contributed by atoms with Crippen molar-refractivity contribution in [2.45, 2.75) is 18.5 Å². The van der Waals surface area contributed by atoms with Crippen LogP contribution in [0.4, 0.5) is 4.79 Å². The van der Waals surface area contributed by atoms with Crippen LogP contribution < -0.4 is 5.32 Å². The number of thioether (sulfide) groups is 1. The van der Waals surface area contributed by atoms with E-state index < -0.39 is 24.1 Å². The first kappa shape index (κ1) is 24.7. The topological polar surface area (TPSA) is 91.8 Å². The zero-order valence-corrected chi connectivity index (χ0v) is 22.2. The molecule has 1 N–H and O–H groups in total. The van der Waals surface area contributed by atoms with Crippen LogP contribution in [0.5, 0.6) is 0 Å². The number of nitrogens with zero attached hydrogens (tertiary/aromatic N) is 3. The van der Waals surface area contributed by atoms with Crippen molar-refractivity contribution in [2.24, 2.45) is 0 Å². The molecule has 2 aliphatic heterocycles. The minimum absolute atomic E-state index is 0. The fourth-order valence-electron chi connectivity index (χ4n) is 2.35. The smallest absolute Gasteiger partial charge is 0.376 e. The monoisotopic (exact) mass is 598 g/mol. The van der Waals surface area contributed by atoms with Gasteiger partial charge in [-0.3, -0.25) is 9.59 Å². The third-order valence-corrected chi connectivity index (χ3v) is 5.19. The number of carbonyl (C=O) groups excluding carboxylic acids is 3. The molecule has 12 heteroatoms. The second kappa shape index (κ2) is 11.6. The molecule has 1 aromatic rings. The van der Waals surface area contributed by atoms with Gasteiger partial charge in [-0.05, 0) is 0 Å². The molecule has 3 rings (SSSR count). The summed E-state index contributed by atoms with van der Waals surface area (Å²) >= 11 is 3.06. The Morgan fingerprint density at radius 3 is 2.85 bits per heavy atom. The molecule has 0 bridgehead atoms. The third kappa shape index (κ3) is 6.08. The molecule has 3 heterocycles. The fourth-order valence-corrected chi connectivity index (χ4v) is 3.74. The Morgan fingerprint density at radius 1 is 1.54 bits per heavy atom. The van der Waals surface area contributed by atoms with Crippen molar-refractivity contribution in [3.8, 4) is 0 Å². The van der Waals surface area contributed by atoms with E-state index in [4.69, 9.17) is 4.74 Å². The molecule has 0 saturated carbocycles. The van der Waals surface area contributed by atoms with Gasteiger partial charge < -0.3 is 19.9 Å². The number of ether oxygens (including phenoxy) is 1. The molecule has 2 atom stereocenters. The molecular weight excluding hydrogens is 582 g/mol. The summed E-state index contributed by atoms with van der Waals surface area (Å²) in [6, 6.07) is -1.59. The normalized spacial score (nSPS) is 20.0. The Balaban J connectivity index is 0.00000169. The van der Waals surface area contributed by atoms with Crippen LogP contribution in [0.25, 0.3) is 0 Å². The van der Waals surface area contributed by atoms with Crippen LogP contribution in [0, 0.1) is 54.4 Å². The van der Waals surface area contributed by atoms with Crippen molar-refractivity contribution in [1.29, 1.82) is 0 Å². The molecule has 0 spiro atoms. The zero-order chi connectivity index (χ0) is 17.1. The van der Waals surface area contributed by atoms with E-state index in [0.717, 1.165) is 11.4 Å². The number of rotatable bonds is 5. The second-order valence-electron chi connectivity index (χ2n) is 5.31. The van der Waals surface area contributed by atoms with Gasteiger partial charge in [0, 0.05) is 105 Å². The summed E-state index contributed by atoms with van der Waals surface area (Å²) < 4.78 is 4.73. The van der Waals surface area contributed by atoms with E-state index in [1.54, 1.807) is 22.2 Å². The molecule has 0 aromatic carbocycles. The molecule has 26 heavy (non-hydrogen) atoms. The zero-order valence-electron chi connectivity index (χ0n) is 14.0. The van der Waals surface area contributed by atoms with Crippen molar-refractivity contribution >= 4 is 41.0 Å². The Hall–Kier alpha value is 0.658. The number of likely N-dealkylation sites (N-methyl/N-ethyl adjacent to an activating group) is 1. The summed E-state index contributed by atoms with van der Waals surface area (Å²) in [4.78, 5) is 43.5. The van der Waals surface area contributed by atoms with E-state index in [1.807, 2.05) is 11.9 Å². The molecule has 2 saturated heterocycles. The van der Waals surface area contributed by atoms with Gasteiger partial charge in [-0.25, -0.2) is 16.3 Å². The number of hydrogen-bond donors (Lipinski definition) is 1. The second-order valence-corrected chi connectivity index (χ2v) is 7.03. The number of nitrogens with one attached hydrogen (secondary N) is 1. The summed E-state index contributed by atoms with van der Waals surface area (Å²) in [6.45, 7) is 2.98. The minimum Gasteiger partial charge on any atom is -0.618 e. The quantitative estimate of drug-likeness (QED) is 0.497. The van der Waals surface area contributed by atoms with Crippen molar-refractivity contribution in [1.82, 2.24) is 20.1 Å². The molecule has 136 valence electrons. The Labute approximate surface area is 218 Å². The molecule has 3 amide bonds.